The molecule has 3 aromatic rings. The molecule has 3 nitrogen and oxygen atoms in total. The fourth-order valence-electron chi connectivity index (χ4n) is 5.94. The predicted octanol–water partition coefficient (Wildman–Crippen LogP) is 9.61. The number of ether oxygens (including phenoxy) is 3. The molecule has 1 aliphatic heterocycles. The molecule has 0 bridgehead atoms. The van der Waals surface area contributed by atoms with Gasteiger partial charge in [-0.05, 0) is 71.3 Å². The van der Waals surface area contributed by atoms with Crippen molar-refractivity contribution in [3.63, 3.8) is 0 Å². The Balaban J connectivity index is 1.90. The monoisotopic (exact) mass is 546 g/mol. The predicted molar refractivity (Wildman–Crippen MR) is 168 cm³/mol. The van der Waals surface area contributed by atoms with Gasteiger partial charge in [-0.3, -0.25) is 0 Å². The van der Waals surface area contributed by atoms with Gasteiger partial charge >= 0.3 is 0 Å². The van der Waals surface area contributed by atoms with Crippen LogP contribution >= 0.6 is 7.92 Å². The average Bonchev–Trinajstić information content (AvgIpc) is 3.26. The van der Waals surface area contributed by atoms with Crippen molar-refractivity contribution in [2.24, 2.45) is 0 Å². The summed E-state index contributed by atoms with van der Waals surface area (Å²) in [7, 11) is 2.78. The Hall–Kier alpha value is -2.51. The third-order valence-electron chi connectivity index (χ3n) is 7.84. The SMILES string of the molecule is COc1cccc(OC)c1-c1cccc2c1[P@@](C(C)(C)C)[C@@H](Cc1c(C(C)C)cc(C(C)C)cc1C(C)C)O2. The molecule has 210 valence electrons. The summed E-state index contributed by atoms with van der Waals surface area (Å²) < 4.78 is 18.6. The molecule has 0 amide bonds. The summed E-state index contributed by atoms with van der Waals surface area (Å²) in [6.07, 6.45) is 0.916. The first-order valence-electron chi connectivity index (χ1n) is 14.4. The first-order valence-corrected chi connectivity index (χ1v) is 15.8. The molecule has 0 unspecified atom stereocenters. The fourth-order valence-corrected chi connectivity index (χ4v) is 9.16. The lowest BCUT2D eigenvalue weighted by atomic mass is 9.83. The van der Waals surface area contributed by atoms with E-state index in [0.29, 0.717) is 17.8 Å². The van der Waals surface area contributed by atoms with Crippen molar-refractivity contribution in [3.8, 4) is 28.4 Å². The summed E-state index contributed by atoms with van der Waals surface area (Å²) >= 11 is 0. The Bertz CT molecular complexity index is 1260. The lowest BCUT2D eigenvalue weighted by Gasteiger charge is -2.34. The van der Waals surface area contributed by atoms with Gasteiger partial charge in [0.15, 0.2) is 0 Å². The van der Waals surface area contributed by atoms with Crippen LogP contribution in [0.2, 0.25) is 0 Å². The third-order valence-corrected chi connectivity index (χ3v) is 11.1. The molecular weight excluding hydrogens is 499 g/mol. The molecule has 39 heavy (non-hydrogen) atoms. The standard InChI is InChI=1S/C35H47O3P/c1-21(2)24-18-26(22(3)4)28(27(19-24)23(5)6)20-32-38-31-17-12-14-25(34(31)39(32)35(7,8)9)33-29(36-10)15-13-16-30(33)37-11/h12-19,21-23,32H,20H2,1-11H3/t32-,39-/m0/s1. The van der Waals surface area contributed by atoms with Crippen LogP contribution in [-0.4, -0.2) is 25.2 Å². The molecule has 1 heterocycles. The molecule has 1 aliphatic rings. The van der Waals surface area contributed by atoms with E-state index in [2.05, 4.69) is 92.6 Å². The molecule has 4 heteroatoms. The van der Waals surface area contributed by atoms with Crippen molar-refractivity contribution in [2.75, 3.05) is 14.2 Å². The van der Waals surface area contributed by atoms with Crippen LogP contribution in [0, 0.1) is 0 Å². The summed E-state index contributed by atoms with van der Waals surface area (Å²) in [5.41, 5.74) is 8.03. The first kappa shape index (κ1) is 29.5. The number of methoxy groups -OCH3 is 2. The van der Waals surface area contributed by atoms with E-state index in [1.165, 1.54) is 27.6 Å². The van der Waals surface area contributed by atoms with Gasteiger partial charge in [-0.2, -0.15) is 0 Å². The van der Waals surface area contributed by atoms with Gasteiger partial charge in [0, 0.05) is 17.3 Å². The van der Waals surface area contributed by atoms with E-state index >= 15 is 0 Å². The van der Waals surface area contributed by atoms with Crippen molar-refractivity contribution < 1.29 is 14.2 Å². The molecule has 3 aromatic carbocycles. The summed E-state index contributed by atoms with van der Waals surface area (Å²) in [5, 5.41) is 1.37. The summed E-state index contributed by atoms with van der Waals surface area (Å²) in [5.74, 6) is 4.15. The van der Waals surface area contributed by atoms with Crippen LogP contribution in [0.3, 0.4) is 0 Å². The van der Waals surface area contributed by atoms with E-state index in [1.807, 2.05) is 18.2 Å². The minimum atomic E-state index is -0.685. The molecule has 0 spiro atoms. The lowest BCUT2D eigenvalue weighted by molar-refractivity contribution is 0.292. The second-order valence-corrected chi connectivity index (χ2v) is 15.8. The maximum Gasteiger partial charge on any atom is 0.130 e. The van der Waals surface area contributed by atoms with Gasteiger partial charge < -0.3 is 14.2 Å². The van der Waals surface area contributed by atoms with Gasteiger partial charge in [0.05, 0.1) is 19.8 Å². The van der Waals surface area contributed by atoms with Crippen LogP contribution in [0.25, 0.3) is 11.1 Å². The van der Waals surface area contributed by atoms with Crippen LogP contribution in [0.4, 0.5) is 0 Å². The molecule has 0 aromatic heterocycles. The molecule has 0 fully saturated rings. The Labute approximate surface area is 238 Å². The van der Waals surface area contributed by atoms with Crippen LogP contribution in [-0.2, 0) is 6.42 Å². The number of rotatable bonds is 8. The van der Waals surface area contributed by atoms with E-state index in [-0.39, 0.29) is 11.0 Å². The van der Waals surface area contributed by atoms with Crippen molar-refractivity contribution in [3.05, 3.63) is 70.8 Å². The molecule has 0 saturated heterocycles. The third kappa shape index (κ3) is 5.71. The highest BCUT2D eigenvalue weighted by atomic mass is 31.1. The largest absolute Gasteiger partial charge is 0.496 e. The second-order valence-electron chi connectivity index (χ2n) is 12.6. The Kier molecular flexibility index (Phi) is 8.72. The molecule has 0 N–H and O–H groups in total. The van der Waals surface area contributed by atoms with Gasteiger partial charge in [-0.1, -0.05) is 92.6 Å². The zero-order chi connectivity index (χ0) is 28.6. The highest BCUT2D eigenvalue weighted by Crippen LogP contribution is 2.61. The van der Waals surface area contributed by atoms with Crippen molar-refractivity contribution in [1.29, 1.82) is 0 Å². The van der Waals surface area contributed by atoms with E-state index < -0.39 is 7.92 Å². The number of hydrogen-bond donors (Lipinski definition) is 0. The molecule has 0 radical (unpaired) electrons. The minimum absolute atomic E-state index is 0.0461. The average molecular weight is 547 g/mol. The highest BCUT2D eigenvalue weighted by molar-refractivity contribution is 7.68. The molecule has 2 atom stereocenters. The summed E-state index contributed by atoms with van der Waals surface area (Å²) in [4.78, 5) is 0. The van der Waals surface area contributed by atoms with Gasteiger partial charge in [-0.25, -0.2) is 0 Å². The van der Waals surface area contributed by atoms with E-state index in [0.717, 1.165) is 34.8 Å². The van der Waals surface area contributed by atoms with Crippen LogP contribution in [0.5, 0.6) is 17.2 Å². The lowest BCUT2D eigenvalue weighted by Crippen LogP contribution is -2.27. The number of fused-ring (bicyclic) bond motifs is 1. The number of hydrogen-bond acceptors (Lipinski definition) is 3. The van der Waals surface area contributed by atoms with Gasteiger partial charge in [-0.15, -0.1) is 0 Å². The molecular formula is C35H47O3P. The van der Waals surface area contributed by atoms with Crippen molar-refractivity contribution in [1.82, 2.24) is 0 Å². The maximum absolute atomic E-state index is 6.95. The zero-order valence-electron chi connectivity index (χ0n) is 25.8. The van der Waals surface area contributed by atoms with Gasteiger partial charge in [0.25, 0.3) is 0 Å². The van der Waals surface area contributed by atoms with Crippen molar-refractivity contribution >= 4 is 13.2 Å². The summed E-state index contributed by atoms with van der Waals surface area (Å²) in [6.45, 7) is 21.0. The van der Waals surface area contributed by atoms with Gasteiger partial charge in [0.2, 0.25) is 0 Å². The van der Waals surface area contributed by atoms with Gasteiger partial charge in [0.1, 0.15) is 23.1 Å². The maximum atomic E-state index is 6.95. The van der Waals surface area contributed by atoms with E-state index in [9.17, 15) is 0 Å². The minimum Gasteiger partial charge on any atom is -0.496 e. The first-order chi connectivity index (χ1) is 18.4. The Morgan fingerprint density at radius 1 is 0.795 bits per heavy atom. The fraction of sp³-hybridized carbons (Fsp3) is 0.486. The van der Waals surface area contributed by atoms with Crippen LogP contribution < -0.4 is 19.5 Å². The summed E-state index contributed by atoms with van der Waals surface area (Å²) in [6, 6.07) is 17.4. The smallest absolute Gasteiger partial charge is 0.130 e. The van der Waals surface area contributed by atoms with Crippen LogP contribution in [0.1, 0.15) is 102 Å². The van der Waals surface area contributed by atoms with E-state index in [4.69, 9.17) is 14.2 Å². The molecule has 0 aliphatic carbocycles. The topological polar surface area (TPSA) is 27.7 Å². The van der Waals surface area contributed by atoms with E-state index in [1.54, 1.807) is 14.2 Å². The highest BCUT2D eigenvalue weighted by Gasteiger charge is 2.44. The normalized spacial score (nSPS) is 17.1. The number of benzene rings is 3. The Morgan fingerprint density at radius 3 is 1.79 bits per heavy atom. The Morgan fingerprint density at radius 2 is 1.33 bits per heavy atom. The quantitative estimate of drug-likeness (QED) is 0.263. The molecule has 4 rings (SSSR count). The zero-order valence-corrected chi connectivity index (χ0v) is 26.7. The molecule has 0 saturated carbocycles. The van der Waals surface area contributed by atoms with Crippen molar-refractivity contribution in [2.45, 2.75) is 97.5 Å². The second kappa shape index (κ2) is 11.5. The van der Waals surface area contributed by atoms with Crippen LogP contribution in [0.15, 0.2) is 48.5 Å².